The molecule has 1 N–H and O–H groups in total. The van der Waals surface area contributed by atoms with E-state index >= 15 is 0 Å². The summed E-state index contributed by atoms with van der Waals surface area (Å²) in [6, 6.07) is 20.0. The fourth-order valence-electron chi connectivity index (χ4n) is 7.53. The molecule has 1 aliphatic carbocycles. The molecule has 0 spiro atoms. The molecule has 6 rings (SSSR count). The number of halogens is 1. The quantitative estimate of drug-likeness (QED) is 0.301. The van der Waals surface area contributed by atoms with Crippen LogP contribution in [0.3, 0.4) is 0 Å². The molecule has 3 aromatic carbocycles. The third-order valence-electron chi connectivity index (χ3n) is 10.1. The first-order chi connectivity index (χ1) is 22.6. The summed E-state index contributed by atoms with van der Waals surface area (Å²) >= 11 is 6.28. The van der Waals surface area contributed by atoms with Gasteiger partial charge in [-0.3, -0.25) is 14.5 Å². The van der Waals surface area contributed by atoms with Crippen molar-refractivity contribution in [3.8, 4) is 5.75 Å². The van der Waals surface area contributed by atoms with Gasteiger partial charge in [0.1, 0.15) is 5.75 Å². The topological polar surface area (TPSA) is 76.6 Å². The van der Waals surface area contributed by atoms with E-state index in [0.717, 1.165) is 60.5 Å². The summed E-state index contributed by atoms with van der Waals surface area (Å²) in [5.74, 6) is 1.48. The van der Waals surface area contributed by atoms with Crippen LogP contribution in [0, 0.1) is 5.92 Å². The number of rotatable bonds is 9. The van der Waals surface area contributed by atoms with Gasteiger partial charge in [-0.1, -0.05) is 23.7 Å². The highest BCUT2D eigenvalue weighted by Gasteiger charge is 2.36. The third kappa shape index (κ3) is 7.30. The number of hydrogen-bond acceptors (Lipinski definition) is 6. The maximum Gasteiger partial charge on any atom is 0.236 e. The normalized spacial score (nSPS) is 22.1. The summed E-state index contributed by atoms with van der Waals surface area (Å²) in [4.78, 5) is 34.6. The molecule has 1 atom stereocenters. The van der Waals surface area contributed by atoms with Crippen molar-refractivity contribution in [3.05, 3.63) is 87.9 Å². The average Bonchev–Trinajstić information content (AvgIpc) is 3.06. The van der Waals surface area contributed by atoms with Crippen LogP contribution in [0.5, 0.6) is 5.75 Å². The zero-order chi connectivity index (χ0) is 33.2. The van der Waals surface area contributed by atoms with E-state index < -0.39 is 0 Å². The molecule has 0 unspecified atom stereocenters. The molecule has 250 valence electrons. The molecule has 8 nitrogen and oxygen atoms in total. The Labute approximate surface area is 283 Å². The van der Waals surface area contributed by atoms with E-state index in [4.69, 9.17) is 16.3 Å². The molecule has 3 aromatic rings. The van der Waals surface area contributed by atoms with Gasteiger partial charge in [0.25, 0.3) is 0 Å². The van der Waals surface area contributed by atoms with Crippen LogP contribution < -0.4 is 14.5 Å². The average molecular weight is 659 g/mol. The van der Waals surface area contributed by atoms with Crippen LogP contribution in [0.15, 0.2) is 60.7 Å². The van der Waals surface area contributed by atoms with Crippen molar-refractivity contribution < 1.29 is 19.4 Å². The molecule has 9 heteroatoms. The van der Waals surface area contributed by atoms with Gasteiger partial charge in [-0.05, 0) is 111 Å². The number of fused-ring (bicyclic) bond motifs is 1. The fraction of sp³-hybridized carbons (Fsp3) is 0.474. The lowest BCUT2D eigenvalue weighted by Crippen LogP contribution is -2.53. The van der Waals surface area contributed by atoms with E-state index in [1.807, 2.05) is 79.2 Å². The van der Waals surface area contributed by atoms with E-state index in [1.54, 1.807) is 0 Å². The molecule has 2 amide bonds. The van der Waals surface area contributed by atoms with Crippen molar-refractivity contribution in [1.29, 1.82) is 0 Å². The second-order valence-electron chi connectivity index (χ2n) is 13.7. The summed E-state index contributed by atoms with van der Waals surface area (Å²) < 4.78 is 6.11. The molecular weight excluding hydrogens is 612 g/mol. The minimum absolute atomic E-state index is 0.00113. The van der Waals surface area contributed by atoms with Crippen LogP contribution >= 0.6 is 11.6 Å². The van der Waals surface area contributed by atoms with Crippen molar-refractivity contribution in [2.24, 2.45) is 5.92 Å². The third-order valence-corrected chi connectivity index (χ3v) is 10.4. The number of ether oxygens (including phenoxy) is 1. The van der Waals surface area contributed by atoms with Crippen molar-refractivity contribution >= 4 is 34.8 Å². The van der Waals surface area contributed by atoms with Crippen molar-refractivity contribution in [2.45, 2.75) is 70.7 Å². The van der Waals surface area contributed by atoms with Crippen molar-refractivity contribution in [1.82, 2.24) is 9.80 Å². The van der Waals surface area contributed by atoms with Gasteiger partial charge in [0.05, 0.1) is 31.7 Å². The van der Waals surface area contributed by atoms with Gasteiger partial charge in [-0.2, -0.15) is 0 Å². The molecule has 0 aromatic heterocycles. The van der Waals surface area contributed by atoms with Gasteiger partial charge in [0.15, 0.2) is 0 Å². The Balaban J connectivity index is 1.19. The SMILES string of the molecule is CC(C)Oc1cc2c(cc1CO)CC(=O)N(c1ccc(N(C)C[C@H]3CC[C@H](N4CCN(C)C(=O)C4)CC3)cc1)[C@H]2c1ccc(Cl)cc1. The molecule has 47 heavy (non-hydrogen) atoms. The Morgan fingerprint density at radius 1 is 0.957 bits per heavy atom. The first kappa shape index (κ1) is 33.3. The standard InChI is InChI=1S/C38H47ClN4O4/c1-25(2)47-35-21-34-28(19-29(35)24-44)20-36(45)43(38(34)27-7-9-30(39)10-8-27)33-15-13-31(14-16-33)41(4)22-26-5-11-32(12-6-26)42-18-17-40(3)37(46)23-42/h7-10,13-16,19,21,25-26,32,38,44H,5-6,11-12,17-18,20,22-24H2,1-4H3/t26-,32-,38-/m0/s1. The largest absolute Gasteiger partial charge is 0.491 e. The highest BCUT2D eigenvalue weighted by molar-refractivity contribution is 6.30. The maximum atomic E-state index is 13.9. The van der Waals surface area contributed by atoms with Gasteiger partial charge in [0.2, 0.25) is 11.8 Å². The molecule has 2 heterocycles. The van der Waals surface area contributed by atoms with E-state index in [2.05, 4.69) is 29.0 Å². The number of carbonyl (C=O) groups is 2. The number of anilines is 2. The second kappa shape index (κ2) is 14.3. The molecule has 2 fully saturated rings. The predicted octanol–water partition coefficient (Wildman–Crippen LogP) is 6.07. The Kier molecular flexibility index (Phi) is 10.1. The summed E-state index contributed by atoms with van der Waals surface area (Å²) in [5.41, 5.74) is 5.47. The highest BCUT2D eigenvalue weighted by Crippen LogP contribution is 2.42. The smallest absolute Gasteiger partial charge is 0.236 e. The number of amides is 2. The maximum absolute atomic E-state index is 13.9. The lowest BCUT2D eigenvalue weighted by atomic mass is 9.84. The number of likely N-dealkylation sites (N-methyl/N-ethyl adjacent to an activating group) is 1. The Hall–Kier alpha value is -3.59. The lowest BCUT2D eigenvalue weighted by Gasteiger charge is -2.41. The van der Waals surface area contributed by atoms with Gasteiger partial charge in [-0.15, -0.1) is 0 Å². The molecule has 1 saturated heterocycles. The number of benzene rings is 3. The van der Waals surface area contributed by atoms with Gasteiger partial charge in [0, 0.05) is 61.7 Å². The van der Waals surface area contributed by atoms with Gasteiger partial charge < -0.3 is 24.5 Å². The number of hydrogen-bond donors (Lipinski definition) is 1. The van der Waals surface area contributed by atoms with Gasteiger partial charge >= 0.3 is 0 Å². The number of carbonyl (C=O) groups excluding carboxylic acids is 2. The summed E-state index contributed by atoms with van der Waals surface area (Å²) in [7, 11) is 4.04. The zero-order valence-corrected chi connectivity index (χ0v) is 28.7. The van der Waals surface area contributed by atoms with Crippen LogP contribution in [-0.2, 0) is 22.6 Å². The van der Waals surface area contributed by atoms with Crippen molar-refractivity contribution in [3.63, 3.8) is 0 Å². The molecule has 1 saturated carbocycles. The monoisotopic (exact) mass is 658 g/mol. The fourth-order valence-corrected chi connectivity index (χ4v) is 7.65. The number of nitrogens with zero attached hydrogens (tertiary/aromatic N) is 4. The van der Waals surface area contributed by atoms with E-state index in [1.165, 1.54) is 12.8 Å². The molecule has 0 bridgehead atoms. The minimum atomic E-state index is -0.375. The van der Waals surface area contributed by atoms with Crippen LogP contribution in [0.2, 0.25) is 5.02 Å². The lowest BCUT2D eigenvalue weighted by molar-refractivity contribution is -0.135. The van der Waals surface area contributed by atoms with Crippen LogP contribution in [0.4, 0.5) is 11.4 Å². The van der Waals surface area contributed by atoms with E-state index in [0.29, 0.717) is 34.8 Å². The highest BCUT2D eigenvalue weighted by atomic mass is 35.5. The molecular formula is C38H47ClN4O4. The first-order valence-electron chi connectivity index (χ1n) is 16.9. The van der Waals surface area contributed by atoms with Gasteiger partial charge in [-0.25, -0.2) is 0 Å². The zero-order valence-electron chi connectivity index (χ0n) is 28.0. The molecule has 3 aliphatic rings. The Bertz CT molecular complexity index is 1570. The summed E-state index contributed by atoms with van der Waals surface area (Å²) in [6.45, 7) is 7.10. The van der Waals surface area contributed by atoms with Crippen LogP contribution in [0.1, 0.15) is 67.8 Å². The Morgan fingerprint density at radius 3 is 2.30 bits per heavy atom. The Morgan fingerprint density at radius 2 is 1.66 bits per heavy atom. The van der Waals surface area contributed by atoms with E-state index in [9.17, 15) is 14.7 Å². The first-order valence-corrected chi connectivity index (χ1v) is 17.3. The van der Waals surface area contributed by atoms with Crippen LogP contribution in [-0.4, -0.2) is 79.1 Å². The number of aliphatic hydroxyl groups excluding tert-OH is 1. The predicted molar refractivity (Wildman–Crippen MR) is 187 cm³/mol. The molecule has 2 aliphatic heterocycles. The second-order valence-corrected chi connectivity index (χ2v) is 14.2. The minimum Gasteiger partial charge on any atom is -0.491 e. The summed E-state index contributed by atoms with van der Waals surface area (Å²) in [5, 5.41) is 10.7. The number of aliphatic hydroxyl groups is 1. The van der Waals surface area contributed by atoms with Crippen LogP contribution in [0.25, 0.3) is 0 Å². The number of piperazine rings is 1. The van der Waals surface area contributed by atoms with Crippen molar-refractivity contribution in [2.75, 3.05) is 50.1 Å². The van der Waals surface area contributed by atoms with E-state index in [-0.39, 0.29) is 37.0 Å². The summed E-state index contributed by atoms with van der Waals surface area (Å²) in [6.07, 6.45) is 4.79. The molecule has 0 radical (unpaired) electrons.